The number of nitrogens with zero attached hydrogens (tertiary/aromatic N) is 1. The van der Waals surface area contributed by atoms with E-state index >= 15 is 0 Å². The minimum absolute atomic E-state index is 0.0874. The van der Waals surface area contributed by atoms with Crippen LogP contribution >= 0.6 is 0 Å². The van der Waals surface area contributed by atoms with E-state index in [1.807, 2.05) is 0 Å². The lowest BCUT2D eigenvalue weighted by Crippen LogP contribution is -2.30. The molecule has 2 bridgehead atoms. The molecule has 0 saturated heterocycles. The number of hydrogen-bond acceptors (Lipinski definition) is 4. The molecule has 2 fully saturated rings. The third-order valence-corrected chi connectivity index (χ3v) is 5.22. The first-order chi connectivity index (χ1) is 10.1. The van der Waals surface area contributed by atoms with Crippen molar-refractivity contribution in [3.63, 3.8) is 0 Å². The summed E-state index contributed by atoms with van der Waals surface area (Å²) in [5.74, 6) is 2.84. The van der Waals surface area contributed by atoms with Gasteiger partial charge < -0.3 is 10.1 Å². The summed E-state index contributed by atoms with van der Waals surface area (Å²) in [7, 11) is 1.52. The van der Waals surface area contributed by atoms with Gasteiger partial charge in [0.05, 0.1) is 18.1 Å². The number of rotatable bonds is 5. The van der Waals surface area contributed by atoms with Crippen LogP contribution in [0.3, 0.4) is 0 Å². The number of benzene rings is 1. The Morgan fingerprint density at radius 1 is 1.38 bits per heavy atom. The molecule has 4 unspecified atom stereocenters. The molecule has 2 saturated carbocycles. The Morgan fingerprint density at radius 3 is 2.76 bits per heavy atom. The highest BCUT2D eigenvalue weighted by Crippen LogP contribution is 2.50. The van der Waals surface area contributed by atoms with Crippen molar-refractivity contribution < 1.29 is 9.66 Å². The van der Waals surface area contributed by atoms with Gasteiger partial charge in [0, 0.05) is 6.04 Å². The molecule has 0 aromatic heterocycles. The summed E-state index contributed by atoms with van der Waals surface area (Å²) in [6.45, 7) is 2.15. The maximum Gasteiger partial charge on any atom is 0.296 e. The Morgan fingerprint density at radius 2 is 2.19 bits per heavy atom. The second kappa shape index (κ2) is 5.54. The Kier molecular flexibility index (Phi) is 3.74. The Balaban J connectivity index is 1.76. The van der Waals surface area contributed by atoms with Crippen LogP contribution in [0, 0.1) is 27.9 Å². The normalized spacial score (nSPS) is 28.4. The van der Waals surface area contributed by atoms with Crippen LogP contribution in [0.25, 0.3) is 0 Å². The van der Waals surface area contributed by atoms with E-state index in [9.17, 15) is 10.1 Å². The molecule has 2 aliphatic carbocycles. The van der Waals surface area contributed by atoms with E-state index < -0.39 is 0 Å². The fourth-order valence-corrected chi connectivity index (χ4v) is 4.17. The number of ether oxygens (including phenoxy) is 1. The lowest BCUT2D eigenvalue weighted by Gasteiger charge is -2.29. The van der Waals surface area contributed by atoms with Crippen molar-refractivity contribution in [3.8, 4) is 5.75 Å². The Hall–Kier alpha value is -1.78. The molecule has 4 atom stereocenters. The van der Waals surface area contributed by atoms with Gasteiger partial charge in [0.25, 0.3) is 5.69 Å². The first kappa shape index (κ1) is 14.2. The molecule has 2 aliphatic rings. The molecule has 21 heavy (non-hydrogen) atoms. The first-order valence-electron chi connectivity index (χ1n) is 7.67. The van der Waals surface area contributed by atoms with Crippen molar-refractivity contribution in [3.05, 3.63) is 28.3 Å². The lowest BCUT2D eigenvalue weighted by atomic mass is 9.84. The van der Waals surface area contributed by atoms with Gasteiger partial charge in [-0.15, -0.1) is 0 Å². The molecule has 5 heteroatoms. The van der Waals surface area contributed by atoms with Crippen LogP contribution in [-0.2, 0) is 0 Å². The van der Waals surface area contributed by atoms with Crippen molar-refractivity contribution in [2.24, 2.45) is 17.8 Å². The highest BCUT2D eigenvalue weighted by atomic mass is 16.6. The largest absolute Gasteiger partial charge is 0.496 e. The average Bonchev–Trinajstić information content (AvgIpc) is 3.10. The van der Waals surface area contributed by atoms with Crippen LogP contribution in [0.2, 0.25) is 0 Å². The monoisotopic (exact) mass is 290 g/mol. The van der Waals surface area contributed by atoms with E-state index in [1.54, 1.807) is 12.1 Å². The maximum atomic E-state index is 11.2. The van der Waals surface area contributed by atoms with Gasteiger partial charge >= 0.3 is 0 Å². The Bertz CT molecular complexity index is 546. The predicted molar refractivity (Wildman–Crippen MR) is 81.7 cm³/mol. The number of methoxy groups -OCH3 is 1. The zero-order valence-corrected chi connectivity index (χ0v) is 12.5. The summed E-state index contributed by atoms with van der Waals surface area (Å²) in [6.07, 6.45) is 5.31. The molecule has 3 rings (SSSR count). The standard InChI is InChI=1S/C16H22N2O3/c1-10(14-8-11-3-4-12(14)7-11)17-15-6-5-13(21-2)9-16(15)18(19)20/h5-6,9-12,14,17H,3-4,7-8H2,1-2H3. The number of hydrogen-bond donors (Lipinski definition) is 1. The summed E-state index contributed by atoms with van der Waals surface area (Å²) in [5, 5.41) is 14.6. The van der Waals surface area contributed by atoms with Crippen molar-refractivity contribution in [1.82, 2.24) is 0 Å². The third-order valence-electron chi connectivity index (χ3n) is 5.22. The summed E-state index contributed by atoms with van der Waals surface area (Å²) in [4.78, 5) is 10.9. The van der Waals surface area contributed by atoms with Crippen LogP contribution in [0.5, 0.6) is 5.75 Å². The molecular formula is C16H22N2O3. The molecule has 114 valence electrons. The van der Waals surface area contributed by atoms with Crippen molar-refractivity contribution in [2.45, 2.75) is 38.6 Å². The van der Waals surface area contributed by atoms with Gasteiger partial charge in [0.2, 0.25) is 0 Å². The number of nitro groups is 1. The van der Waals surface area contributed by atoms with Crippen LogP contribution in [0.15, 0.2) is 18.2 Å². The fourth-order valence-electron chi connectivity index (χ4n) is 4.17. The summed E-state index contributed by atoms with van der Waals surface area (Å²) in [5.41, 5.74) is 0.681. The van der Waals surface area contributed by atoms with Gasteiger partial charge in [0.15, 0.2) is 0 Å². The molecule has 0 aliphatic heterocycles. The van der Waals surface area contributed by atoms with Gasteiger partial charge in [-0.05, 0) is 56.1 Å². The summed E-state index contributed by atoms with van der Waals surface area (Å²) in [6, 6.07) is 5.27. The topological polar surface area (TPSA) is 64.4 Å². The number of anilines is 1. The highest BCUT2D eigenvalue weighted by molar-refractivity contribution is 5.64. The Labute approximate surface area is 124 Å². The lowest BCUT2D eigenvalue weighted by molar-refractivity contribution is -0.384. The molecule has 0 heterocycles. The zero-order valence-electron chi connectivity index (χ0n) is 12.5. The third kappa shape index (κ3) is 2.69. The van der Waals surface area contributed by atoms with Crippen LogP contribution in [0.1, 0.15) is 32.6 Å². The minimum atomic E-state index is -0.349. The van der Waals surface area contributed by atoms with Gasteiger partial charge in [-0.3, -0.25) is 10.1 Å². The molecule has 1 N–H and O–H groups in total. The number of fused-ring (bicyclic) bond motifs is 2. The zero-order chi connectivity index (χ0) is 15.0. The van der Waals surface area contributed by atoms with Crippen LogP contribution < -0.4 is 10.1 Å². The van der Waals surface area contributed by atoms with E-state index in [0.717, 1.165) is 11.8 Å². The van der Waals surface area contributed by atoms with E-state index in [-0.39, 0.29) is 16.7 Å². The van der Waals surface area contributed by atoms with Crippen molar-refractivity contribution in [2.75, 3.05) is 12.4 Å². The smallest absolute Gasteiger partial charge is 0.296 e. The molecule has 0 amide bonds. The maximum absolute atomic E-state index is 11.2. The molecule has 0 radical (unpaired) electrons. The van der Waals surface area contributed by atoms with Crippen LogP contribution in [-0.4, -0.2) is 18.1 Å². The molecule has 5 nitrogen and oxygen atoms in total. The number of nitrogens with one attached hydrogen (secondary N) is 1. The van der Waals surface area contributed by atoms with E-state index in [4.69, 9.17) is 4.74 Å². The molecule has 1 aromatic carbocycles. The SMILES string of the molecule is COc1ccc(NC(C)C2CC3CCC2C3)c([N+](=O)[O-])c1. The molecule has 0 spiro atoms. The summed E-state index contributed by atoms with van der Waals surface area (Å²) < 4.78 is 5.07. The van der Waals surface area contributed by atoms with Crippen LogP contribution in [0.4, 0.5) is 11.4 Å². The predicted octanol–water partition coefficient (Wildman–Crippen LogP) is 3.84. The first-order valence-corrected chi connectivity index (χ1v) is 7.67. The number of nitro benzene ring substituents is 1. The second-order valence-electron chi connectivity index (χ2n) is 6.41. The average molecular weight is 290 g/mol. The van der Waals surface area contributed by atoms with E-state index in [1.165, 1.54) is 38.9 Å². The quantitative estimate of drug-likeness (QED) is 0.661. The van der Waals surface area contributed by atoms with Gasteiger partial charge in [0.1, 0.15) is 11.4 Å². The van der Waals surface area contributed by atoms with Crippen molar-refractivity contribution in [1.29, 1.82) is 0 Å². The molecule has 1 aromatic rings. The van der Waals surface area contributed by atoms with E-state index in [2.05, 4.69) is 12.2 Å². The fraction of sp³-hybridized carbons (Fsp3) is 0.625. The van der Waals surface area contributed by atoms with E-state index in [0.29, 0.717) is 17.4 Å². The highest BCUT2D eigenvalue weighted by Gasteiger charge is 2.42. The van der Waals surface area contributed by atoms with Gasteiger partial charge in [-0.1, -0.05) is 6.42 Å². The second-order valence-corrected chi connectivity index (χ2v) is 6.41. The summed E-state index contributed by atoms with van der Waals surface area (Å²) >= 11 is 0. The van der Waals surface area contributed by atoms with Crippen molar-refractivity contribution >= 4 is 11.4 Å². The van der Waals surface area contributed by atoms with Gasteiger partial charge in [-0.2, -0.15) is 0 Å². The van der Waals surface area contributed by atoms with Gasteiger partial charge in [-0.25, -0.2) is 0 Å². The molecular weight excluding hydrogens is 268 g/mol. The minimum Gasteiger partial charge on any atom is -0.496 e.